The fourth-order valence-electron chi connectivity index (χ4n) is 8.46. The molecule has 0 radical (unpaired) electrons. The van der Waals surface area contributed by atoms with Gasteiger partial charge in [0.2, 0.25) is 0 Å². The van der Waals surface area contributed by atoms with E-state index in [9.17, 15) is 0 Å². The lowest BCUT2D eigenvalue weighted by atomic mass is 9.13. The van der Waals surface area contributed by atoms with Gasteiger partial charge in [0, 0.05) is 14.8 Å². The van der Waals surface area contributed by atoms with Crippen LogP contribution in [0.4, 0.5) is 0 Å². The molecule has 0 N–H and O–H groups in total. The van der Waals surface area contributed by atoms with Crippen LogP contribution in [0.1, 0.15) is 74.3 Å². The monoisotopic (exact) mass is 626 g/mol. The molecule has 1 atom stereocenters. The number of ether oxygens (including phenoxy) is 2. The maximum atomic E-state index is 5.86. The molecule has 2 saturated carbocycles. The standard InChI is InChI=1S/C24H20B.C18H27O2P/c1-5-13-21(14-6-1)25(22-15-7-2-8-16-22,23-17-9-3-10-18-23)24-19-11-4-12-20-24;1-19-15-11-14(12-7-3-4-8-12)16(13-9-5-6-10-13)17(20-2)18(15)21/h1-20H;11-13H,3-10,21H2,1-2H3/q-1;/p+1. The summed E-state index contributed by atoms with van der Waals surface area (Å²) < 4.78 is 11.5. The van der Waals surface area contributed by atoms with Crippen LogP contribution in [0.5, 0.6) is 11.5 Å². The van der Waals surface area contributed by atoms with Crippen molar-refractivity contribution in [3.8, 4) is 11.5 Å². The summed E-state index contributed by atoms with van der Waals surface area (Å²) >= 11 is 0. The third-order valence-corrected chi connectivity index (χ3v) is 11.3. The van der Waals surface area contributed by atoms with Crippen LogP contribution in [-0.4, -0.2) is 20.4 Å². The molecule has 46 heavy (non-hydrogen) atoms. The summed E-state index contributed by atoms with van der Waals surface area (Å²) in [5, 5.41) is 1.20. The van der Waals surface area contributed by atoms with Gasteiger partial charge in [0.05, 0.1) is 14.2 Å². The first-order valence-corrected chi connectivity index (χ1v) is 17.9. The number of hydrogen-bond acceptors (Lipinski definition) is 2. The zero-order valence-corrected chi connectivity index (χ0v) is 29.0. The van der Waals surface area contributed by atoms with Crippen LogP contribution in [0.15, 0.2) is 127 Å². The van der Waals surface area contributed by atoms with Crippen LogP contribution in [0, 0.1) is 0 Å². The highest BCUT2D eigenvalue weighted by Crippen LogP contribution is 2.47. The van der Waals surface area contributed by atoms with Gasteiger partial charge < -0.3 is 9.47 Å². The Bertz CT molecular complexity index is 1500. The van der Waals surface area contributed by atoms with Gasteiger partial charge in [-0.05, 0) is 49.1 Å². The topological polar surface area (TPSA) is 18.5 Å². The van der Waals surface area contributed by atoms with Crippen LogP contribution in [-0.2, 0) is 0 Å². The second-order valence-corrected chi connectivity index (χ2v) is 13.8. The summed E-state index contributed by atoms with van der Waals surface area (Å²) in [5.41, 5.74) is 8.41. The van der Waals surface area contributed by atoms with Gasteiger partial charge in [0.25, 0.3) is 0 Å². The third-order valence-electron chi connectivity index (χ3n) is 10.6. The molecule has 7 rings (SSSR count). The Morgan fingerprint density at radius 3 is 1.24 bits per heavy atom. The Hall–Kier alpha value is -3.81. The highest BCUT2D eigenvalue weighted by Gasteiger charge is 2.33. The quantitative estimate of drug-likeness (QED) is 0.133. The lowest BCUT2D eigenvalue weighted by Gasteiger charge is -2.44. The van der Waals surface area contributed by atoms with Crippen molar-refractivity contribution in [1.29, 1.82) is 0 Å². The fraction of sp³-hybridized carbons (Fsp3) is 0.286. The second-order valence-electron chi connectivity index (χ2n) is 13.1. The van der Waals surface area contributed by atoms with Crippen molar-refractivity contribution in [1.82, 2.24) is 0 Å². The molecule has 0 heterocycles. The van der Waals surface area contributed by atoms with Crippen molar-refractivity contribution in [2.45, 2.75) is 63.2 Å². The van der Waals surface area contributed by atoms with Crippen molar-refractivity contribution >= 4 is 42.5 Å². The minimum Gasteiger partial charge on any atom is -0.492 e. The first kappa shape index (κ1) is 32.1. The fourth-order valence-corrected chi connectivity index (χ4v) is 9.04. The molecule has 2 aliphatic rings. The lowest BCUT2D eigenvalue weighted by molar-refractivity contribution is 0.392. The van der Waals surface area contributed by atoms with Gasteiger partial charge >= 0.3 is 0 Å². The zero-order valence-electron chi connectivity index (χ0n) is 27.5. The third kappa shape index (κ3) is 6.40. The Morgan fingerprint density at radius 2 is 0.891 bits per heavy atom. The van der Waals surface area contributed by atoms with E-state index in [4.69, 9.17) is 9.47 Å². The van der Waals surface area contributed by atoms with E-state index in [0.717, 1.165) is 11.5 Å². The molecule has 236 valence electrons. The van der Waals surface area contributed by atoms with Crippen LogP contribution < -0.4 is 36.6 Å². The zero-order chi connectivity index (χ0) is 31.8. The van der Waals surface area contributed by atoms with Crippen molar-refractivity contribution in [3.05, 3.63) is 139 Å². The predicted molar refractivity (Wildman–Crippen MR) is 203 cm³/mol. The SMILES string of the molecule is COc1cc(C2CCCC2)c(C2CCCC2)c(OC)c1[PH3+].c1ccc([B-](c2ccccc2)(c2ccccc2)c2ccccc2)cc1. The van der Waals surface area contributed by atoms with Gasteiger partial charge in [-0.3, -0.25) is 0 Å². The smallest absolute Gasteiger partial charge is 0.170 e. The van der Waals surface area contributed by atoms with Crippen molar-refractivity contribution in [2.75, 3.05) is 14.2 Å². The molecule has 4 heteroatoms. The van der Waals surface area contributed by atoms with Crippen molar-refractivity contribution in [2.24, 2.45) is 0 Å². The lowest BCUT2D eigenvalue weighted by Crippen LogP contribution is -2.74. The van der Waals surface area contributed by atoms with E-state index in [1.807, 2.05) is 16.3 Å². The Kier molecular flexibility index (Phi) is 10.6. The van der Waals surface area contributed by atoms with E-state index in [0.29, 0.717) is 11.8 Å². The molecule has 0 bridgehead atoms. The molecule has 5 aromatic rings. The number of rotatable bonds is 8. The summed E-state index contributed by atoms with van der Waals surface area (Å²) in [5.74, 6) is 3.53. The van der Waals surface area contributed by atoms with E-state index in [2.05, 4.69) is 127 Å². The summed E-state index contributed by atoms with van der Waals surface area (Å²) in [4.78, 5) is 0. The molecular formula is C42H48BO2P. The number of hydrogen-bond donors (Lipinski definition) is 0. The minimum atomic E-state index is -1.22. The van der Waals surface area contributed by atoms with Gasteiger partial charge in [0.1, 0.15) is 6.15 Å². The summed E-state index contributed by atoms with van der Waals surface area (Å²) in [6.07, 6.45) is 9.57. The highest BCUT2D eigenvalue weighted by molar-refractivity contribution is 7.28. The molecule has 0 spiro atoms. The van der Waals surface area contributed by atoms with E-state index in [-0.39, 0.29) is 0 Å². The summed E-state index contributed by atoms with van der Waals surface area (Å²) in [6, 6.07) is 45.9. The van der Waals surface area contributed by atoms with E-state index >= 15 is 0 Å². The van der Waals surface area contributed by atoms with Crippen LogP contribution in [0.3, 0.4) is 0 Å². The second kappa shape index (κ2) is 15.2. The molecule has 0 amide bonds. The van der Waals surface area contributed by atoms with Gasteiger partial charge in [-0.15, -0.1) is 0 Å². The normalized spacial score (nSPS) is 15.3. The van der Waals surface area contributed by atoms with Crippen LogP contribution in [0.2, 0.25) is 0 Å². The Morgan fingerprint density at radius 1 is 0.522 bits per heavy atom. The summed E-state index contributed by atoms with van der Waals surface area (Å²) in [7, 11) is 5.50. The molecule has 2 nitrogen and oxygen atoms in total. The van der Waals surface area contributed by atoms with Crippen LogP contribution in [0.25, 0.3) is 0 Å². The van der Waals surface area contributed by atoms with Crippen LogP contribution >= 0.6 is 9.24 Å². The molecule has 2 aliphatic carbocycles. The number of methoxy groups -OCH3 is 2. The average molecular weight is 627 g/mol. The average Bonchev–Trinajstić information content (AvgIpc) is 3.87. The molecule has 2 fully saturated rings. The van der Waals surface area contributed by atoms with Gasteiger partial charge in [0.15, 0.2) is 16.8 Å². The highest BCUT2D eigenvalue weighted by atomic mass is 31.0. The van der Waals surface area contributed by atoms with E-state index < -0.39 is 6.15 Å². The Labute approximate surface area is 278 Å². The van der Waals surface area contributed by atoms with Gasteiger partial charge in [-0.2, -0.15) is 21.9 Å². The van der Waals surface area contributed by atoms with E-state index in [1.165, 1.54) is 89.6 Å². The van der Waals surface area contributed by atoms with E-state index in [1.54, 1.807) is 7.11 Å². The molecule has 0 aromatic heterocycles. The van der Waals surface area contributed by atoms with Gasteiger partial charge in [-0.25, -0.2) is 0 Å². The first-order chi connectivity index (χ1) is 22.7. The first-order valence-electron chi connectivity index (χ1n) is 17.2. The molecule has 0 saturated heterocycles. The summed E-state index contributed by atoms with van der Waals surface area (Å²) in [6.45, 7) is 0. The number of benzene rings is 5. The van der Waals surface area contributed by atoms with Crippen molar-refractivity contribution in [3.63, 3.8) is 0 Å². The maximum Gasteiger partial charge on any atom is 0.170 e. The minimum absolute atomic E-state index is 0.699. The van der Waals surface area contributed by atoms with Gasteiger partial charge in [-0.1, -0.05) is 147 Å². The Balaban J connectivity index is 0.000000164. The molecule has 1 unspecified atom stereocenters. The molecule has 5 aromatic carbocycles. The maximum absolute atomic E-state index is 5.86. The van der Waals surface area contributed by atoms with Crippen molar-refractivity contribution < 1.29 is 9.47 Å². The molecular weight excluding hydrogens is 578 g/mol. The predicted octanol–water partition coefficient (Wildman–Crippen LogP) is 7.32. The molecule has 0 aliphatic heterocycles. The largest absolute Gasteiger partial charge is 0.492 e.